The Kier molecular flexibility index (Phi) is 2.94. The van der Waals surface area contributed by atoms with Gasteiger partial charge in [-0.05, 0) is 24.5 Å². The Hall–Kier alpha value is -1.02. The van der Waals surface area contributed by atoms with Crippen LogP contribution in [0.3, 0.4) is 0 Å². The van der Waals surface area contributed by atoms with E-state index in [0.717, 1.165) is 6.26 Å². The summed E-state index contributed by atoms with van der Waals surface area (Å²) in [5, 5.41) is 21.2. The van der Waals surface area contributed by atoms with Gasteiger partial charge in [0.25, 0.3) is 0 Å². The number of aryl methyl sites for hydroxylation is 1. The SMILES string of the molecule is Cn1nnc(CC2(O)CCCC2S(C)(=O)=O)n1. The summed E-state index contributed by atoms with van der Waals surface area (Å²) in [6.07, 6.45) is 2.96. The Morgan fingerprint density at radius 3 is 2.82 bits per heavy atom. The Labute approximate surface area is 99.7 Å². The monoisotopic (exact) mass is 260 g/mol. The molecule has 96 valence electrons. The van der Waals surface area contributed by atoms with Crippen molar-refractivity contribution in [1.82, 2.24) is 20.2 Å². The van der Waals surface area contributed by atoms with Crippen molar-refractivity contribution in [3.63, 3.8) is 0 Å². The number of aliphatic hydroxyl groups is 1. The van der Waals surface area contributed by atoms with Crippen LogP contribution in [0.2, 0.25) is 0 Å². The summed E-state index contributed by atoms with van der Waals surface area (Å²) < 4.78 is 23.2. The van der Waals surface area contributed by atoms with E-state index in [1.165, 1.54) is 4.80 Å². The van der Waals surface area contributed by atoms with Crippen molar-refractivity contribution in [2.24, 2.45) is 7.05 Å². The van der Waals surface area contributed by atoms with Crippen molar-refractivity contribution >= 4 is 9.84 Å². The molecule has 1 saturated carbocycles. The van der Waals surface area contributed by atoms with Gasteiger partial charge in [0, 0.05) is 12.7 Å². The van der Waals surface area contributed by atoms with Crippen LogP contribution < -0.4 is 0 Å². The molecule has 1 aliphatic carbocycles. The Morgan fingerprint density at radius 2 is 2.29 bits per heavy atom. The minimum absolute atomic E-state index is 0.137. The molecule has 2 unspecified atom stereocenters. The molecule has 0 spiro atoms. The molecule has 1 aromatic heterocycles. The summed E-state index contributed by atoms with van der Waals surface area (Å²) in [6.45, 7) is 0. The van der Waals surface area contributed by atoms with Gasteiger partial charge in [-0.3, -0.25) is 0 Å². The Balaban J connectivity index is 2.23. The van der Waals surface area contributed by atoms with Gasteiger partial charge in [-0.15, -0.1) is 10.2 Å². The summed E-state index contributed by atoms with van der Waals surface area (Å²) in [4.78, 5) is 1.29. The van der Waals surface area contributed by atoms with Crippen LogP contribution in [-0.4, -0.2) is 50.8 Å². The molecule has 1 fully saturated rings. The zero-order valence-corrected chi connectivity index (χ0v) is 10.7. The minimum atomic E-state index is -3.26. The van der Waals surface area contributed by atoms with Crippen LogP contribution >= 0.6 is 0 Å². The second-order valence-electron chi connectivity index (χ2n) is 4.69. The van der Waals surface area contributed by atoms with E-state index < -0.39 is 20.7 Å². The van der Waals surface area contributed by atoms with Gasteiger partial charge in [0.05, 0.1) is 17.9 Å². The molecule has 2 rings (SSSR count). The zero-order valence-electron chi connectivity index (χ0n) is 9.87. The second kappa shape index (κ2) is 4.02. The Bertz CT molecular complexity index is 512. The first kappa shape index (κ1) is 12.4. The van der Waals surface area contributed by atoms with E-state index in [0.29, 0.717) is 25.1 Å². The summed E-state index contributed by atoms with van der Waals surface area (Å²) in [6, 6.07) is 0. The number of hydrogen-bond donors (Lipinski definition) is 1. The quantitative estimate of drug-likeness (QED) is 0.755. The minimum Gasteiger partial charge on any atom is -0.388 e. The fourth-order valence-electron chi connectivity index (χ4n) is 2.51. The molecule has 1 aliphatic rings. The number of sulfone groups is 1. The molecule has 1 N–H and O–H groups in total. The van der Waals surface area contributed by atoms with Crippen molar-refractivity contribution in [3.8, 4) is 0 Å². The topological polar surface area (TPSA) is 98.0 Å². The smallest absolute Gasteiger partial charge is 0.177 e. The van der Waals surface area contributed by atoms with E-state index in [-0.39, 0.29) is 6.42 Å². The lowest BCUT2D eigenvalue weighted by atomic mass is 9.97. The predicted octanol–water partition coefficient (Wildman–Crippen LogP) is -0.919. The van der Waals surface area contributed by atoms with Gasteiger partial charge in [-0.2, -0.15) is 4.80 Å². The molecule has 0 radical (unpaired) electrons. The van der Waals surface area contributed by atoms with Crippen molar-refractivity contribution in [2.75, 3.05) is 6.26 Å². The van der Waals surface area contributed by atoms with Crippen molar-refractivity contribution in [3.05, 3.63) is 5.82 Å². The standard InChI is InChI=1S/C9H16N4O3S/c1-13-11-8(10-12-13)6-9(14)5-3-4-7(9)17(2,15)16/h7,14H,3-6H2,1-2H3. The zero-order chi connectivity index (χ0) is 12.7. The van der Waals surface area contributed by atoms with Crippen LogP contribution in [0.1, 0.15) is 25.1 Å². The highest BCUT2D eigenvalue weighted by atomic mass is 32.2. The van der Waals surface area contributed by atoms with Crippen LogP contribution in [-0.2, 0) is 23.3 Å². The van der Waals surface area contributed by atoms with Gasteiger partial charge < -0.3 is 5.11 Å². The largest absolute Gasteiger partial charge is 0.388 e. The molecular weight excluding hydrogens is 244 g/mol. The molecule has 8 heteroatoms. The van der Waals surface area contributed by atoms with Crippen LogP contribution in [0.5, 0.6) is 0 Å². The molecule has 17 heavy (non-hydrogen) atoms. The number of rotatable bonds is 3. The fraction of sp³-hybridized carbons (Fsp3) is 0.889. The van der Waals surface area contributed by atoms with E-state index in [9.17, 15) is 13.5 Å². The third kappa shape index (κ3) is 2.47. The summed E-state index contributed by atoms with van der Waals surface area (Å²) in [5.74, 6) is 0.380. The summed E-state index contributed by atoms with van der Waals surface area (Å²) in [5.41, 5.74) is -1.25. The molecule has 0 saturated heterocycles. The van der Waals surface area contributed by atoms with Gasteiger partial charge in [0.1, 0.15) is 0 Å². The normalized spacial score (nSPS) is 29.7. The number of tetrazole rings is 1. The lowest BCUT2D eigenvalue weighted by Gasteiger charge is -2.27. The molecule has 2 atom stereocenters. The molecular formula is C9H16N4O3S. The van der Waals surface area contributed by atoms with E-state index in [1.54, 1.807) is 7.05 Å². The van der Waals surface area contributed by atoms with E-state index in [4.69, 9.17) is 0 Å². The van der Waals surface area contributed by atoms with Crippen LogP contribution in [0, 0.1) is 0 Å². The number of nitrogens with zero attached hydrogens (tertiary/aromatic N) is 4. The summed E-state index contributed by atoms with van der Waals surface area (Å²) >= 11 is 0. The van der Waals surface area contributed by atoms with Gasteiger partial charge in [0.15, 0.2) is 15.7 Å². The number of hydrogen-bond acceptors (Lipinski definition) is 6. The third-order valence-electron chi connectivity index (χ3n) is 3.21. The molecule has 0 bridgehead atoms. The van der Waals surface area contributed by atoms with Crippen molar-refractivity contribution in [1.29, 1.82) is 0 Å². The highest BCUT2D eigenvalue weighted by Gasteiger charge is 2.47. The molecule has 1 heterocycles. The van der Waals surface area contributed by atoms with Crippen molar-refractivity contribution in [2.45, 2.75) is 36.5 Å². The maximum absolute atomic E-state index is 11.6. The lowest BCUT2D eigenvalue weighted by Crippen LogP contribution is -2.44. The fourth-order valence-corrected chi connectivity index (χ4v) is 4.10. The molecule has 0 aromatic carbocycles. The van der Waals surface area contributed by atoms with Crippen molar-refractivity contribution < 1.29 is 13.5 Å². The van der Waals surface area contributed by atoms with Gasteiger partial charge in [0.2, 0.25) is 0 Å². The molecule has 7 nitrogen and oxygen atoms in total. The molecule has 0 amide bonds. The first-order valence-corrected chi connectivity index (χ1v) is 7.41. The number of aromatic nitrogens is 4. The van der Waals surface area contributed by atoms with Gasteiger partial charge in [-0.25, -0.2) is 8.42 Å². The van der Waals surface area contributed by atoms with E-state index in [1.807, 2.05) is 0 Å². The summed E-state index contributed by atoms with van der Waals surface area (Å²) in [7, 11) is -1.63. The maximum Gasteiger partial charge on any atom is 0.177 e. The van der Waals surface area contributed by atoms with E-state index in [2.05, 4.69) is 15.4 Å². The van der Waals surface area contributed by atoms with Gasteiger partial charge in [-0.1, -0.05) is 0 Å². The molecule has 0 aliphatic heterocycles. The highest BCUT2D eigenvalue weighted by molar-refractivity contribution is 7.91. The van der Waals surface area contributed by atoms with Crippen LogP contribution in [0.4, 0.5) is 0 Å². The van der Waals surface area contributed by atoms with Crippen LogP contribution in [0.15, 0.2) is 0 Å². The van der Waals surface area contributed by atoms with Crippen LogP contribution in [0.25, 0.3) is 0 Å². The highest BCUT2D eigenvalue weighted by Crippen LogP contribution is 2.36. The lowest BCUT2D eigenvalue weighted by molar-refractivity contribution is 0.0492. The third-order valence-corrected chi connectivity index (χ3v) is 4.91. The second-order valence-corrected chi connectivity index (χ2v) is 6.91. The molecule has 1 aromatic rings. The first-order valence-electron chi connectivity index (χ1n) is 5.45. The average Bonchev–Trinajstić information content (AvgIpc) is 2.72. The average molecular weight is 260 g/mol. The van der Waals surface area contributed by atoms with Gasteiger partial charge >= 0.3 is 0 Å². The predicted molar refractivity (Wildman–Crippen MR) is 59.9 cm³/mol. The van der Waals surface area contributed by atoms with E-state index >= 15 is 0 Å². The Morgan fingerprint density at radius 1 is 1.59 bits per heavy atom. The first-order chi connectivity index (χ1) is 7.81. The maximum atomic E-state index is 11.6.